The van der Waals surface area contributed by atoms with Gasteiger partial charge in [-0.25, -0.2) is 10.0 Å². The summed E-state index contributed by atoms with van der Waals surface area (Å²) in [5, 5.41) is 7.00. The Morgan fingerprint density at radius 1 is 1.20 bits per heavy atom. The lowest BCUT2D eigenvalue weighted by molar-refractivity contribution is -0.110. The highest BCUT2D eigenvalue weighted by Gasteiger charge is 2.17. The molecule has 0 aromatic heterocycles. The van der Waals surface area contributed by atoms with Crippen LogP contribution >= 0.6 is 0 Å². The summed E-state index contributed by atoms with van der Waals surface area (Å²) >= 11 is 0. The lowest BCUT2D eigenvalue weighted by atomic mass is 10.3. The number of hydrogen-bond donors (Lipinski definition) is 1. The highest BCUT2D eigenvalue weighted by Crippen LogP contribution is 2.14. The zero-order chi connectivity index (χ0) is 10.5. The Morgan fingerprint density at radius 2 is 1.87 bits per heavy atom. The van der Waals surface area contributed by atoms with E-state index < -0.39 is 0 Å². The van der Waals surface area contributed by atoms with Gasteiger partial charge in [-0.15, -0.1) is 0 Å². The second-order valence-corrected chi connectivity index (χ2v) is 3.49. The van der Waals surface area contributed by atoms with Crippen molar-refractivity contribution in [1.82, 2.24) is 10.3 Å². The molecule has 80 valence electrons. The number of piperazine rings is 1. The van der Waals surface area contributed by atoms with Crippen LogP contribution in [0.3, 0.4) is 0 Å². The number of rotatable bonds is 3. The molecule has 0 bridgehead atoms. The SMILES string of the molecule is O=CN(c1ccccc1)N1CCNCC1. The van der Waals surface area contributed by atoms with Gasteiger partial charge in [-0.05, 0) is 12.1 Å². The average Bonchev–Trinajstić information content (AvgIpc) is 2.33. The van der Waals surface area contributed by atoms with Gasteiger partial charge in [0.05, 0.1) is 5.69 Å². The number of nitrogens with one attached hydrogen (secondary N) is 1. The van der Waals surface area contributed by atoms with E-state index >= 15 is 0 Å². The largest absolute Gasteiger partial charge is 0.314 e. The van der Waals surface area contributed by atoms with Gasteiger partial charge in [0, 0.05) is 26.2 Å². The molecule has 1 N–H and O–H groups in total. The second-order valence-electron chi connectivity index (χ2n) is 3.49. The first-order chi connectivity index (χ1) is 7.42. The number of hydrogen-bond acceptors (Lipinski definition) is 3. The predicted octanol–water partition coefficient (Wildman–Crippen LogP) is 0.470. The van der Waals surface area contributed by atoms with Crippen molar-refractivity contribution < 1.29 is 4.79 Å². The van der Waals surface area contributed by atoms with E-state index in [0.717, 1.165) is 38.3 Å². The first kappa shape index (κ1) is 10.1. The topological polar surface area (TPSA) is 35.6 Å². The van der Waals surface area contributed by atoms with Crippen LogP contribution in [0.25, 0.3) is 0 Å². The van der Waals surface area contributed by atoms with Crippen LogP contribution in [0.1, 0.15) is 0 Å². The van der Waals surface area contributed by atoms with Crippen molar-refractivity contribution >= 4 is 12.1 Å². The first-order valence-electron chi connectivity index (χ1n) is 5.17. The van der Waals surface area contributed by atoms with E-state index in [1.165, 1.54) is 0 Å². The third-order valence-electron chi connectivity index (χ3n) is 2.52. The van der Waals surface area contributed by atoms with Gasteiger partial charge in [-0.1, -0.05) is 18.2 Å². The lowest BCUT2D eigenvalue weighted by Crippen LogP contribution is -2.52. The number of carbonyl (C=O) groups excluding carboxylic acids is 1. The Balaban J connectivity index is 2.12. The fraction of sp³-hybridized carbons (Fsp3) is 0.364. The summed E-state index contributed by atoms with van der Waals surface area (Å²) in [7, 11) is 0. The molecule has 1 aliphatic heterocycles. The quantitative estimate of drug-likeness (QED) is 0.729. The summed E-state index contributed by atoms with van der Waals surface area (Å²) in [4.78, 5) is 11.1. The molecule has 1 saturated heterocycles. The minimum atomic E-state index is 0.869. The van der Waals surface area contributed by atoms with E-state index in [0.29, 0.717) is 0 Å². The summed E-state index contributed by atoms with van der Waals surface area (Å²) in [6, 6.07) is 9.71. The van der Waals surface area contributed by atoms with Crippen molar-refractivity contribution in [3.8, 4) is 0 Å². The third-order valence-corrected chi connectivity index (χ3v) is 2.52. The Bertz CT molecular complexity index is 309. The Morgan fingerprint density at radius 3 is 2.47 bits per heavy atom. The number of hydrazine groups is 1. The van der Waals surface area contributed by atoms with Gasteiger partial charge in [0.2, 0.25) is 6.41 Å². The maximum atomic E-state index is 11.1. The maximum absolute atomic E-state index is 11.1. The van der Waals surface area contributed by atoms with E-state index in [1.807, 2.05) is 30.3 Å². The van der Waals surface area contributed by atoms with Crippen LogP contribution in [-0.2, 0) is 4.79 Å². The van der Waals surface area contributed by atoms with E-state index in [9.17, 15) is 4.79 Å². The fourth-order valence-corrected chi connectivity index (χ4v) is 1.74. The van der Waals surface area contributed by atoms with Gasteiger partial charge in [0.25, 0.3) is 0 Å². The molecule has 1 aromatic rings. The molecule has 2 rings (SSSR count). The van der Waals surface area contributed by atoms with Crippen LogP contribution in [0.2, 0.25) is 0 Å². The number of amides is 1. The standard InChI is InChI=1S/C11H15N3O/c15-10-14(11-4-2-1-3-5-11)13-8-6-12-7-9-13/h1-5,10,12H,6-9H2. The minimum Gasteiger partial charge on any atom is -0.314 e. The van der Waals surface area contributed by atoms with Crippen molar-refractivity contribution in [2.24, 2.45) is 0 Å². The molecule has 0 atom stereocenters. The number of anilines is 1. The van der Waals surface area contributed by atoms with Gasteiger partial charge in [0.15, 0.2) is 0 Å². The van der Waals surface area contributed by atoms with Crippen molar-refractivity contribution in [2.45, 2.75) is 0 Å². The number of para-hydroxylation sites is 1. The molecule has 1 amide bonds. The van der Waals surface area contributed by atoms with Crippen molar-refractivity contribution in [3.05, 3.63) is 30.3 Å². The van der Waals surface area contributed by atoms with E-state index in [4.69, 9.17) is 0 Å². The zero-order valence-corrected chi connectivity index (χ0v) is 8.60. The van der Waals surface area contributed by atoms with Crippen LogP contribution in [0.15, 0.2) is 30.3 Å². The number of nitrogens with zero attached hydrogens (tertiary/aromatic N) is 2. The molecule has 0 saturated carbocycles. The third kappa shape index (κ3) is 2.34. The highest BCUT2D eigenvalue weighted by atomic mass is 16.1. The minimum absolute atomic E-state index is 0.869. The van der Waals surface area contributed by atoms with Gasteiger partial charge >= 0.3 is 0 Å². The molecular formula is C11H15N3O. The van der Waals surface area contributed by atoms with Gasteiger partial charge in [-0.3, -0.25) is 4.79 Å². The summed E-state index contributed by atoms with van der Waals surface area (Å²) in [6.07, 6.45) is 0.876. The molecule has 0 unspecified atom stereocenters. The van der Waals surface area contributed by atoms with E-state index in [1.54, 1.807) is 5.01 Å². The normalized spacial score (nSPS) is 17.3. The molecule has 1 fully saturated rings. The molecule has 15 heavy (non-hydrogen) atoms. The number of benzene rings is 1. The van der Waals surface area contributed by atoms with E-state index in [-0.39, 0.29) is 0 Å². The molecule has 1 aromatic carbocycles. The first-order valence-corrected chi connectivity index (χ1v) is 5.17. The summed E-state index contributed by atoms with van der Waals surface area (Å²) in [5.74, 6) is 0. The van der Waals surface area contributed by atoms with Crippen LogP contribution in [0.4, 0.5) is 5.69 Å². The predicted molar refractivity (Wildman–Crippen MR) is 59.4 cm³/mol. The van der Waals surface area contributed by atoms with Gasteiger partial charge < -0.3 is 5.32 Å². The van der Waals surface area contributed by atoms with Crippen molar-refractivity contribution in [1.29, 1.82) is 0 Å². The molecule has 1 aliphatic rings. The fourth-order valence-electron chi connectivity index (χ4n) is 1.74. The van der Waals surface area contributed by atoms with Gasteiger partial charge in [-0.2, -0.15) is 0 Å². The van der Waals surface area contributed by atoms with Gasteiger partial charge in [0.1, 0.15) is 0 Å². The Kier molecular flexibility index (Phi) is 3.32. The molecule has 1 heterocycles. The molecular weight excluding hydrogens is 190 g/mol. The lowest BCUT2D eigenvalue weighted by Gasteiger charge is -2.34. The zero-order valence-electron chi connectivity index (χ0n) is 8.60. The highest BCUT2D eigenvalue weighted by molar-refractivity contribution is 5.73. The molecule has 0 spiro atoms. The maximum Gasteiger partial charge on any atom is 0.228 e. The smallest absolute Gasteiger partial charge is 0.228 e. The summed E-state index contributed by atoms with van der Waals surface area (Å²) < 4.78 is 0. The molecule has 0 aliphatic carbocycles. The molecule has 4 nitrogen and oxygen atoms in total. The Labute approximate surface area is 89.5 Å². The van der Waals surface area contributed by atoms with Crippen LogP contribution in [-0.4, -0.2) is 37.6 Å². The molecule has 4 heteroatoms. The van der Waals surface area contributed by atoms with E-state index in [2.05, 4.69) is 10.3 Å². The van der Waals surface area contributed by atoms with Crippen LogP contribution in [0, 0.1) is 0 Å². The van der Waals surface area contributed by atoms with Crippen LogP contribution < -0.4 is 10.3 Å². The van der Waals surface area contributed by atoms with Crippen LogP contribution in [0.5, 0.6) is 0 Å². The summed E-state index contributed by atoms with van der Waals surface area (Å²) in [6.45, 7) is 3.59. The average molecular weight is 205 g/mol. The monoisotopic (exact) mass is 205 g/mol. The van der Waals surface area contributed by atoms with Crippen molar-refractivity contribution in [2.75, 3.05) is 31.2 Å². The van der Waals surface area contributed by atoms with Crippen molar-refractivity contribution in [3.63, 3.8) is 0 Å². The summed E-state index contributed by atoms with van der Waals surface area (Å²) in [5.41, 5.74) is 0.925. The Hall–Kier alpha value is -1.39. The number of carbonyl (C=O) groups is 1. The molecule has 0 radical (unpaired) electrons. The second kappa shape index (κ2) is 4.91.